The quantitative estimate of drug-likeness (QED) is 0.618. The van der Waals surface area contributed by atoms with E-state index in [4.69, 9.17) is 0 Å². The molecule has 0 unspecified atom stereocenters. The Hall–Kier alpha value is -1.69. The maximum Gasteiger partial charge on any atom is 0.132 e. The van der Waals surface area contributed by atoms with E-state index < -0.39 is 11.0 Å². The van der Waals surface area contributed by atoms with Gasteiger partial charge in [0, 0.05) is 37.5 Å². The Balaban J connectivity index is 6.27. The Morgan fingerprint density at radius 1 is 0.565 bits per heavy atom. The van der Waals surface area contributed by atoms with E-state index in [0.29, 0.717) is 0 Å². The number of Topliss-reactive ketones (excluding diaryl/α,β-unsaturated/α-hetero) is 5. The Kier molecular flexibility index (Phi) is 7.64. The predicted octanol–water partition coefficient (Wildman–Crippen LogP) is 1.60. The fourth-order valence-electron chi connectivity index (χ4n) is 3.37. The summed E-state index contributed by atoms with van der Waals surface area (Å²) in [6, 6.07) is 0. The second-order valence-corrected chi connectivity index (χ2v) is 6.71. The van der Waals surface area contributed by atoms with Crippen LogP contribution < -0.4 is 0 Å². The second-order valence-electron chi connectivity index (χ2n) is 6.71. The Morgan fingerprint density at radius 2 is 0.783 bits per heavy atom. The van der Waals surface area contributed by atoms with Crippen molar-refractivity contribution >= 4 is 28.9 Å². The summed E-state index contributed by atoms with van der Waals surface area (Å²) in [7, 11) is 0. The molecule has 0 rings (SSSR count). The van der Waals surface area contributed by atoms with Gasteiger partial charge in [-0.15, -0.1) is 0 Å². The molecule has 0 aliphatic carbocycles. The summed E-state index contributed by atoms with van der Waals surface area (Å²) in [5.41, 5.74) is -3.36. The summed E-state index contributed by atoms with van der Waals surface area (Å²) in [5, 5.41) is 11.1. The normalized spacial score (nSPS) is 11.9. The van der Waals surface area contributed by atoms with E-state index >= 15 is 0 Å². The van der Waals surface area contributed by atoms with Crippen molar-refractivity contribution in [1.29, 1.82) is 0 Å². The van der Waals surface area contributed by atoms with Crippen LogP contribution >= 0.6 is 0 Å². The first-order chi connectivity index (χ1) is 10.3. The van der Waals surface area contributed by atoms with E-state index in [9.17, 15) is 29.1 Å². The molecule has 130 valence electrons. The van der Waals surface area contributed by atoms with E-state index in [1.165, 1.54) is 34.6 Å². The van der Waals surface area contributed by atoms with Crippen LogP contribution in [-0.2, 0) is 24.0 Å². The summed E-state index contributed by atoms with van der Waals surface area (Å²) < 4.78 is 0. The lowest BCUT2D eigenvalue weighted by molar-refractivity contribution is -0.158. The van der Waals surface area contributed by atoms with Gasteiger partial charge in [0.2, 0.25) is 0 Å². The molecule has 0 aromatic carbocycles. The Bertz CT molecular complexity index is 460. The van der Waals surface area contributed by atoms with Crippen LogP contribution in [-0.4, -0.2) is 39.6 Å². The minimum atomic E-state index is -1.91. The third-order valence-corrected chi connectivity index (χ3v) is 3.83. The number of hydrogen-bond acceptors (Lipinski definition) is 6. The molecule has 0 spiro atoms. The molecule has 0 aromatic heterocycles. The summed E-state index contributed by atoms with van der Waals surface area (Å²) >= 11 is 0. The second kappa shape index (κ2) is 8.24. The van der Waals surface area contributed by atoms with Gasteiger partial charge in [-0.1, -0.05) is 0 Å². The molecule has 0 amide bonds. The van der Waals surface area contributed by atoms with Crippen molar-refractivity contribution in [2.75, 3.05) is 0 Å². The highest BCUT2D eigenvalue weighted by molar-refractivity contribution is 5.86. The first-order valence-electron chi connectivity index (χ1n) is 7.53. The SMILES string of the molecule is CC(=O)CC(O)(CC(C)=O)C(CC(C)=O)(CC(C)=O)CC(C)=O. The molecule has 6 heteroatoms. The van der Waals surface area contributed by atoms with Crippen LogP contribution in [0.2, 0.25) is 0 Å². The van der Waals surface area contributed by atoms with E-state index in [2.05, 4.69) is 0 Å². The molecule has 0 aromatic rings. The highest BCUT2D eigenvalue weighted by atomic mass is 16.3. The van der Waals surface area contributed by atoms with Crippen LogP contribution in [0.15, 0.2) is 0 Å². The molecular formula is C17H26O6. The number of carbonyl (C=O) groups excluding carboxylic acids is 5. The average molecular weight is 326 g/mol. The molecule has 0 aliphatic heterocycles. The van der Waals surface area contributed by atoms with Crippen LogP contribution in [0.3, 0.4) is 0 Å². The number of ketones is 5. The van der Waals surface area contributed by atoms with E-state index in [1.54, 1.807) is 0 Å². The van der Waals surface area contributed by atoms with Gasteiger partial charge in [-0.3, -0.25) is 9.59 Å². The molecule has 0 atom stereocenters. The van der Waals surface area contributed by atoms with Crippen molar-refractivity contribution in [1.82, 2.24) is 0 Å². The Labute approximate surface area is 136 Å². The summed E-state index contributed by atoms with van der Waals surface area (Å²) in [6.07, 6.45) is -1.52. The molecule has 0 fully saturated rings. The van der Waals surface area contributed by atoms with Gasteiger partial charge in [-0.05, 0) is 34.6 Å². The van der Waals surface area contributed by atoms with E-state index in [0.717, 1.165) is 0 Å². The summed E-state index contributed by atoms with van der Waals surface area (Å²) in [4.78, 5) is 58.4. The lowest BCUT2D eigenvalue weighted by Crippen LogP contribution is -2.53. The maximum atomic E-state index is 11.7. The molecule has 23 heavy (non-hydrogen) atoms. The Morgan fingerprint density at radius 3 is 0.957 bits per heavy atom. The van der Waals surface area contributed by atoms with Crippen molar-refractivity contribution in [3.8, 4) is 0 Å². The van der Waals surface area contributed by atoms with Crippen LogP contribution in [0.4, 0.5) is 0 Å². The zero-order valence-electron chi connectivity index (χ0n) is 14.5. The zero-order valence-corrected chi connectivity index (χ0v) is 14.5. The zero-order chi connectivity index (χ0) is 18.4. The minimum absolute atomic E-state index is 0.247. The molecule has 0 bridgehead atoms. The van der Waals surface area contributed by atoms with Crippen molar-refractivity contribution in [3.05, 3.63) is 0 Å². The van der Waals surface area contributed by atoms with Crippen molar-refractivity contribution < 1.29 is 29.1 Å². The number of rotatable bonds is 11. The third-order valence-electron chi connectivity index (χ3n) is 3.83. The van der Waals surface area contributed by atoms with Crippen molar-refractivity contribution in [2.45, 2.75) is 72.3 Å². The molecule has 0 aliphatic rings. The van der Waals surface area contributed by atoms with Gasteiger partial charge in [-0.25, -0.2) is 0 Å². The molecule has 0 radical (unpaired) electrons. The average Bonchev–Trinajstić information content (AvgIpc) is 2.22. The fourth-order valence-corrected chi connectivity index (χ4v) is 3.37. The van der Waals surface area contributed by atoms with Gasteiger partial charge >= 0.3 is 0 Å². The lowest BCUT2D eigenvalue weighted by atomic mass is 9.60. The molecule has 0 heterocycles. The van der Waals surface area contributed by atoms with Gasteiger partial charge in [-0.2, -0.15) is 0 Å². The molecule has 6 nitrogen and oxygen atoms in total. The van der Waals surface area contributed by atoms with E-state index in [1.807, 2.05) is 0 Å². The number of hydrogen-bond donors (Lipinski definition) is 1. The largest absolute Gasteiger partial charge is 0.388 e. The topological polar surface area (TPSA) is 106 Å². The fraction of sp³-hybridized carbons (Fsp3) is 0.706. The van der Waals surface area contributed by atoms with E-state index in [-0.39, 0.29) is 61.0 Å². The molecule has 0 saturated carbocycles. The summed E-state index contributed by atoms with van der Waals surface area (Å²) in [6.45, 7) is 6.38. The standard InChI is InChI=1S/C17H26O6/c1-11(18)6-16(7-12(2)19,8-13(3)20)17(23,9-14(4)21)10-15(5)22/h23H,6-10H2,1-5H3. The molecular weight excluding hydrogens is 300 g/mol. The number of carbonyl (C=O) groups is 5. The van der Waals surface area contributed by atoms with Gasteiger partial charge in [0.25, 0.3) is 0 Å². The highest BCUT2D eigenvalue weighted by Crippen LogP contribution is 2.47. The smallest absolute Gasteiger partial charge is 0.132 e. The van der Waals surface area contributed by atoms with Crippen LogP contribution in [0.1, 0.15) is 66.7 Å². The first kappa shape index (κ1) is 21.3. The highest BCUT2D eigenvalue weighted by Gasteiger charge is 2.53. The maximum absolute atomic E-state index is 11.7. The monoisotopic (exact) mass is 326 g/mol. The number of aliphatic hydroxyl groups is 1. The van der Waals surface area contributed by atoms with Crippen LogP contribution in [0.5, 0.6) is 0 Å². The van der Waals surface area contributed by atoms with Crippen molar-refractivity contribution in [3.63, 3.8) is 0 Å². The van der Waals surface area contributed by atoms with Gasteiger partial charge in [0.05, 0.1) is 5.60 Å². The van der Waals surface area contributed by atoms with Gasteiger partial charge < -0.3 is 19.5 Å². The van der Waals surface area contributed by atoms with Gasteiger partial charge in [0.15, 0.2) is 0 Å². The first-order valence-corrected chi connectivity index (χ1v) is 7.53. The van der Waals surface area contributed by atoms with Crippen LogP contribution in [0.25, 0.3) is 0 Å². The minimum Gasteiger partial charge on any atom is -0.388 e. The molecule has 1 N–H and O–H groups in total. The lowest BCUT2D eigenvalue weighted by Gasteiger charge is -2.46. The summed E-state index contributed by atoms with van der Waals surface area (Å²) in [5.74, 6) is -1.73. The third kappa shape index (κ3) is 6.52. The van der Waals surface area contributed by atoms with Crippen LogP contribution in [0, 0.1) is 5.41 Å². The van der Waals surface area contributed by atoms with Crippen molar-refractivity contribution in [2.24, 2.45) is 5.41 Å². The molecule has 0 saturated heterocycles. The predicted molar refractivity (Wildman–Crippen MR) is 83.9 cm³/mol. The van der Waals surface area contributed by atoms with Gasteiger partial charge in [0.1, 0.15) is 28.9 Å².